The Morgan fingerprint density at radius 1 is 1.04 bits per heavy atom. The van der Waals surface area contributed by atoms with Gasteiger partial charge in [-0.05, 0) is 30.3 Å². The van der Waals surface area contributed by atoms with E-state index in [0.29, 0.717) is 5.69 Å². The molecule has 10 heteroatoms. The van der Waals surface area contributed by atoms with Crippen molar-refractivity contribution >= 4 is 26.7 Å². The summed E-state index contributed by atoms with van der Waals surface area (Å²) in [7, 11) is -3.84. The van der Waals surface area contributed by atoms with E-state index in [1.54, 1.807) is 30.3 Å². The maximum Gasteiger partial charge on any atom is 0.249 e. The molecule has 142 valence electrons. The van der Waals surface area contributed by atoms with Crippen molar-refractivity contribution in [3.63, 3.8) is 0 Å². The molecule has 2 N–H and O–H groups in total. The molecule has 28 heavy (non-hydrogen) atoms. The van der Waals surface area contributed by atoms with Crippen molar-refractivity contribution in [1.29, 1.82) is 0 Å². The van der Waals surface area contributed by atoms with Crippen LogP contribution in [0.5, 0.6) is 0 Å². The third-order valence-electron chi connectivity index (χ3n) is 4.06. The van der Waals surface area contributed by atoms with E-state index in [0.717, 1.165) is 24.5 Å². The predicted octanol–water partition coefficient (Wildman–Crippen LogP) is 2.75. The first-order valence-electron chi connectivity index (χ1n) is 8.03. The van der Waals surface area contributed by atoms with E-state index < -0.39 is 26.6 Å². The van der Waals surface area contributed by atoms with Gasteiger partial charge in [-0.1, -0.05) is 18.2 Å². The van der Waals surface area contributed by atoms with Gasteiger partial charge in [-0.3, -0.25) is 0 Å². The molecule has 0 saturated heterocycles. The summed E-state index contributed by atoms with van der Waals surface area (Å²) >= 11 is 0. The Bertz CT molecular complexity index is 1320. The minimum Gasteiger partial charge on any atom is -0.383 e. The first kappa shape index (κ1) is 18.0. The predicted molar refractivity (Wildman–Crippen MR) is 99.5 cm³/mol. The highest BCUT2D eigenvalue weighted by atomic mass is 32.2. The number of hydrogen-bond donors (Lipinski definition) is 1. The Morgan fingerprint density at radius 3 is 2.43 bits per heavy atom. The van der Waals surface area contributed by atoms with E-state index in [1.807, 2.05) is 0 Å². The molecule has 0 aliphatic heterocycles. The zero-order valence-corrected chi connectivity index (χ0v) is 15.3. The van der Waals surface area contributed by atoms with E-state index in [4.69, 9.17) is 5.73 Å². The van der Waals surface area contributed by atoms with Gasteiger partial charge in [0.2, 0.25) is 15.0 Å². The number of para-hydroxylation sites is 1. The third kappa shape index (κ3) is 2.97. The summed E-state index contributed by atoms with van der Waals surface area (Å²) in [4.78, 5) is 7.94. The fourth-order valence-electron chi connectivity index (χ4n) is 2.80. The molecule has 4 rings (SSSR count). The molecule has 7 nitrogen and oxygen atoms in total. The number of sulfone groups is 1. The molecule has 2 aromatic carbocycles. The number of nitrogens with two attached hydrogens (primary N) is 1. The number of fused-ring (bicyclic) bond motifs is 1. The first-order valence-corrected chi connectivity index (χ1v) is 9.92. The van der Waals surface area contributed by atoms with Crippen molar-refractivity contribution in [3.8, 4) is 16.9 Å². The van der Waals surface area contributed by atoms with Crippen LogP contribution in [0.2, 0.25) is 0 Å². The molecule has 0 atom stereocenters. The normalized spacial score (nSPS) is 11.8. The molecule has 0 bridgehead atoms. The molecule has 0 radical (unpaired) electrons. The van der Waals surface area contributed by atoms with Crippen molar-refractivity contribution in [2.45, 2.75) is 5.16 Å². The lowest BCUT2D eigenvalue weighted by Gasteiger charge is -2.07. The summed E-state index contributed by atoms with van der Waals surface area (Å²) in [5, 5.41) is 3.82. The first-order chi connectivity index (χ1) is 13.3. The van der Waals surface area contributed by atoms with Gasteiger partial charge in [-0.15, -0.1) is 5.10 Å². The van der Waals surface area contributed by atoms with Gasteiger partial charge in [-0.25, -0.2) is 26.9 Å². The smallest absolute Gasteiger partial charge is 0.249 e. The number of anilines is 1. The Morgan fingerprint density at radius 2 is 1.75 bits per heavy atom. The molecule has 0 amide bonds. The number of aromatic nitrogens is 4. The van der Waals surface area contributed by atoms with Crippen LogP contribution in [-0.2, 0) is 9.84 Å². The summed E-state index contributed by atoms with van der Waals surface area (Å²) in [6.07, 6.45) is 0.914. The van der Waals surface area contributed by atoms with Crippen molar-refractivity contribution in [1.82, 2.24) is 19.7 Å². The fraction of sp³-hybridized carbons (Fsp3) is 0.0556. The molecular formula is C18H13F2N5O2S. The van der Waals surface area contributed by atoms with Crippen LogP contribution < -0.4 is 5.73 Å². The topological polar surface area (TPSA) is 104 Å². The van der Waals surface area contributed by atoms with Gasteiger partial charge in [0.25, 0.3) is 0 Å². The van der Waals surface area contributed by atoms with Crippen LogP contribution >= 0.6 is 0 Å². The lowest BCUT2D eigenvalue weighted by molar-refractivity contribution is 0.592. The van der Waals surface area contributed by atoms with Gasteiger partial charge in [0, 0.05) is 11.8 Å². The quantitative estimate of drug-likeness (QED) is 0.530. The van der Waals surface area contributed by atoms with Crippen LogP contribution in [0.1, 0.15) is 0 Å². The molecule has 2 aromatic heterocycles. The SMILES string of the molecule is CS(=O)(=O)c1nc(-c2cc(F)ccc2F)c2c(N)n(-c3ccccc3)nc2n1. The average Bonchev–Trinajstić information content (AvgIpc) is 3.00. The van der Waals surface area contributed by atoms with Gasteiger partial charge < -0.3 is 5.73 Å². The number of halogens is 2. The van der Waals surface area contributed by atoms with Gasteiger partial charge in [-0.2, -0.15) is 4.98 Å². The minimum atomic E-state index is -3.84. The molecule has 0 spiro atoms. The van der Waals surface area contributed by atoms with Crippen LogP contribution in [0.3, 0.4) is 0 Å². The Balaban J connectivity index is 2.13. The van der Waals surface area contributed by atoms with Gasteiger partial charge >= 0.3 is 0 Å². The van der Waals surface area contributed by atoms with Crippen LogP contribution in [0.25, 0.3) is 28.0 Å². The molecular weight excluding hydrogens is 388 g/mol. The standard InChI is InChI=1S/C18H13F2N5O2S/c1-28(26,27)18-22-15(12-9-10(19)7-8-13(12)20)14-16(21)25(24-17(14)23-18)11-5-3-2-4-6-11/h2-9H,21H2,1H3. The summed E-state index contributed by atoms with van der Waals surface area (Å²) in [6.45, 7) is 0. The van der Waals surface area contributed by atoms with E-state index in [-0.39, 0.29) is 28.1 Å². The second-order valence-electron chi connectivity index (χ2n) is 6.08. The van der Waals surface area contributed by atoms with Crippen LogP contribution in [0.15, 0.2) is 53.7 Å². The third-order valence-corrected chi connectivity index (χ3v) is 4.91. The molecule has 0 aliphatic rings. The maximum absolute atomic E-state index is 14.4. The molecule has 0 aliphatic carbocycles. The Labute approximate surface area is 158 Å². The zero-order chi connectivity index (χ0) is 20.1. The minimum absolute atomic E-state index is 0.0459. The van der Waals surface area contributed by atoms with Crippen molar-refractivity contribution < 1.29 is 17.2 Å². The lowest BCUT2D eigenvalue weighted by atomic mass is 10.1. The van der Waals surface area contributed by atoms with Crippen molar-refractivity contribution in [2.24, 2.45) is 0 Å². The average molecular weight is 401 g/mol. The maximum atomic E-state index is 14.4. The molecule has 2 heterocycles. The van der Waals surface area contributed by atoms with Crippen LogP contribution in [0.4, 0.5) is 14.6 Å². The fourth-order valence-corrected chi connectivity index (χ4v) is 3.31. The monoisotopic (exact) mass is 401 g/mol. The molecule has 4 aromatic rings. The van der Waals surface area contributed by atoms with Gasteiger partial charge in [0.1, 0.15) is 17.5 Å². The van der Waals surface area contributed by atoms with E-state index in [9.17, 15) is 17.2 Å². The summed E-state index contributed by atoms with van der Waals surface area (Å²) in [5.74, 6) is -1.43. The highest BCUT2D eigenvalue weighted by Crippen LogP contribution is 2.34. The second-order valence-corrected chi connectivity index (χ2v) is 7.99. The largest absolute Gasteiger partial charge is 0.383 e. The molecule has 0 unspecified atom stereocenters. The number of hydrogen-bond acceptors (Lipinski definition) is 6. The Kier molecular flexibility index (Phi) is 4.07. The number of benzene rings is 2. The van der Waals surface area contributed by atoms with E-state index in [2.05, 4.69) is 15.1 Å². The summed E-state index contributed by atoms with van der Waals surface area (Å²) < 4.78 is 53.6. The van der Waals surface area contributed by atoms with Gasteiger partial charge in [0.15, 0.2) is 5.65 Å². The van der Waals surface area contributed by atoms with Crippen molar-refractivity contribution in [3.05, 3.63) is 60.2 Å². The van der Waals surface area contributed by atoms with Crippen LogP contribution in [0, 0.1) is 11.6 Å². The molecule has 0 saturated carbocycles. The van der Waals surface area contributed by atoms with Gasteiger partial charge in [0.05, 0.1) is 16.8 Å². The number of nitrogen functional groups attached to an aromatic ring is 1. The van der Waals surface area contributed by atoms with E-state index in [1.165, 1.54) is 4.68 Å². The number of rotatable bonds is 3. The summed E-state index contributed by atoms with van der Waals surface area (Å²) in [5.41, 5.74) is 6.36. The highest BCUT2D eigenvalue weighted by Gasteiger charge is 2.24. The second kappa shape index (κ2) is 6.34. The number of nitrogens with zero attached hydrogens (tertiary/aromatic N) is 4. The van der Waals surface area contributed by atoms with Crippen molar-refractivity contribution in [2.75, 3.05) is 12.0 Å². The zero-order valence-electron chi connectivity index (χ0n) is 14.5. The highest BCUT2D eigenvalue weighted by molar-refractivity contribution is 7.90. The van der Waals surface area contributed by atoms with E-state index >= 15 is 0 Å². The molecule has 0 fully saturated rings. The summed E-state index contributed by atoms with van der Waals surface area (Å²) in [6, 6.07) is 11.6. The lowest BCUT2D eigenvalue weighted by Crippen LogP contribution is -2.06. The Hall–Kier alpha value is -3.40. The van der Waals surface area contributed by atoms with Crippen LogP contribution in [-0.4, -0.2) is 34.4 Å².